The van der Waals surface area contributed by atoms with Gasteiger partial charge in [-0.2, -0.15) is 0 Å². The van der Waals surface area contributed by atoms with Crippen LogP contribution in [-0.2, 0) is 19.9 Å². The number of hydrogen-bond acceptors (Lipinski definition) is 2. The van der Waals surface area contributed by atoms with Gasteiger partial charge in [-0.3, -0.25) is 9.36 Å². The van der Waals surface area contributed by atoms with E-state index in [-0.39, 0.29) is 5.56 Å². The SMILES string of the molecule is Cn1c(N)cc(-c2ccc3c(c2)CCCC3)cc1=O. The summed E-state index contributed by atoms with van der Waals surface area (Å²) >= 11 is 0. The Labute approximate surface area is 112 Å². The van der Waals surface area contributed by atoms with Gasteiger partial charge >= 0.3 is 0 Å². The van der Waals surface area contributed by atoms with Gasteiger partial charge in [-0.1, -0.05) is 18.2 Å². The van der Waals surface area contributed by atoms with Gasteiger partial charge in [0.1, 0.15) is 5.82 Å². The minimum absolute atomic E-state index is 0.0623. The van der Waals surface area contributed by atoms with Gasteiger partial charge in [-0.25, -0.2) is 0 Å². The van der Waals surface area contributed by atoms with E-state index in [0.717, 1.165) is 17.5 Å². The Morgan fingerprint density at radius 3 is 2.47 bits per heavy atom. The summed E-state index contributed by atoms with van der Waals surface area (Å²) in [5.41, 5.74) is 10.7. The number of anilines is 1. The summed E-state index contributed by atoms with van der Waals surface area (Å²) in [7, 11) is 1.69. The highest BCUT2D eigenvalue weighted by atomic mass is 16.1. The average molecular weight is 254 g/mol. The number of pyridine rings is 1. The van der Waals surface area contributed by atoms with E-state index in [0.29, 0.717) is 5.82 Å². The molecular formula is C16H18N2O. The van der Waals surface area contributed by atoms with Crippen LogP contribution in [0.3, 0.4) is 0 Å². The summed E-state index contributed by atoms with van der Waals surface area (Å²) in [6.07, 6.45) is 4.86. The van der Waals surface area contributed by atoms with Crippen LogP contribution in [0.4, 0.5) is 5.82 Å². The van der Waals surface area contributed by atoms with E-state index >= 15 is 0 Å². The lowest BCUT2D eigenvalue weighted by Gasteiger charge is -2.17. The molecule has 3 nitrogen and oxygen atoms in total. The number of benzene rings is 1. The first kappa shape index (κ1) is 12.0. The quantitative estimate of drug-likeness (QED) is 0.850. The highest BCUT2D eigenvalue weighted by Gasteiger charge is 2.11. The summed E-state index contributed by atoms with van der Waals surface area (Å²) < 4.78 is 1.46. The second kappa shape index (κ2) is 4.57. The van der Waals surface area contributed by atoms with Crippen LogP contribution in [0.5, 0.6) is 0 Å². The summed E-state index contributed by atoms with van der Waals surface area (Å²) in [6.45, 7) is 0. The molecule has 0 fully saturated rings. The first-order chi connectivity index (χ1) is 9.15. The van der Waals surface area contributed by atoms with Crippen LogP contribution in [0.15, 0.2) is 35.1 Å². The van der Waals surface area contributed by atoms with Crippen molar-refractivity contribution in [2.45, 2.75) is 25.7 Å². The zero-order valence-electron chi connectivity index (χ0n) is 11.1. The number of nitrogens with two attached hydrogens (primary N) is 1. The molecule has 2 aromatic rings. The minimum Gasteiger partial charge on any atom is -0.385 e. The van der Waals surface area contributed by atoms with Crippen LogP contribution in [-0.4, -0.2) is 4.57 Å². The Morgan fingerprint density at radius 1 is 1.00 bits per heavy atom. The lowest BCUT2D eigenvalue weighted by atomic mass is 9.89. The van der Waals surface area contributed by atoms with E-state index in [9.17, 15) is 4.79 Å². The molecule has 1 aromatic heterocycles. The fourth-order valence-electron chi connectivity index (χ4n) is 2.73. The predicted octanol–water partition coefficient (Wildman–Crippen LogP) is 2.51. The maximum Gasteiger partial charge on any atom is 0.252 e. The topological polar surface area (TPSA) is 48.0 Å². The predicted molar refractivity (Wildman–Crippen MR) is 78.2 cm³/mol. The van der Waals surface area contributed by atoms with Crippen LogP contribution in [0.25, 0.3) is 11.1 Å². The average Bonchev–Trinajstić information content (AvgIpc) is 2.43. The molecular weight excluding hydrogens is 236 g/mol. The summed E-state index contributed by atoms with van der Waals surface area (Å²) in [5, 5.41) is 0. The van der Waals surface area contributed by atoms with Gasteiger partial charge in [-0.05, 0) is 54.0 Å². The number of hydrogen-bond donors (Lipinski definition) is 1. The first-order valence-corrected chi connectivity index (χ1v) is 6.74. The molecule has 19 heavy (non-hydrogen) atoms. The molecule has 3 heteroatoms. The Hall–Kier alpha value is -2.03. The first-order valence-electron chi connectivity index (χ1n) is 6.74. The smallest absolute Gasteiger partial charge is 0.252 e. The van der Waals surface area contributed by atoms with E-state index in [2.05, 4.69) is 18.2 Å². The molecule has 0 radical (unpaired) electrons. The van der Waals surface area contributed by atoms with E-state index in [1.807, 2.05) is 6.07 Å². The zero-order valence-corrected chi connectivity index (χ0v) is 11.1. The second-order valence-corrected chi connectivity index (χ2v) is 5.26. The third-order valence-electron chi connectivity index (χ3n) is 3.98. The van der Waals surface area contributed by atoms with Crippen molar-refractivity contribution >= 4 is 5.82 Å². The van der Waals surface area contributed by atoms with Gasteiger partial charge in [-0.15, -0.1) is 0 Å². The molecule has 1 aromatic carbocycles. The molecule has 98 valence electrons. The molecule has 2 N–H and O–H groups in total. The fraction of sp³-hybridized carbons (Fsp3) is 0.312. The summed E-state index contributed by atoms with van der Waals surface area (Å²) in [6, 6.07) is 10.0. The molecule has 0 aliphatic heterocycles. The van der Waals surface area contributed by atoms with Crippen molar-refractivity contribution in [3.05, 3.63) is 51.8 Å². The van der Waals surface area contributed by atoms with Crippen LogP contribution in [0.1, 0.15) is 24.0 Å². The van der Waals surface area contributed by atoms with E-state index in [1.165, 1.54) is 35.0 Å². The highest BCUT2D eigenvalue weighted by molar-refractivity contribution is 5.67. The van der Waals surface area contributed by atoms with Gasteiger partial charge in [0.25, 0.3) is 5.56 Å². The molecule has 1 aliphatic carbocycles. The Kier molecular flexibility index (Phi) is 2.90. The summed E-state index contributed by atoms with van der Waals surface area (Å²) in [4.78, 5) is 11.8. The Bertz CT molecular complexity index is 686. The second-order valence-electron chi connectivity index (χ2n) is 5.26. The Morgan fingerprint density at radius 2 is 1.74 bits per heavy atom. The fourth-order valence-corrected chi connectivity index (χ4v) is 2.73. The molecule has 0 saturated carbocycles. The number of nitrogen functional groups attached to an aromatic ring is 1. The third-order valence-corrected chi connectivity index (χ3v) is 3.98. The van der Waals surface area contributed by atoms with Gasteiger partial charge in [0.15, 0.2) is 0 Å². The van der Waals surface area contributed by atoms with Crippen LogP contribution < -0.4 is 11.3 Å². The number of aromatic nitrogens is 1. The molecule has 1 aliphatic rings. The van der Waals surface area contributed by atoms with E-state index < -0.39 is 0 Å². The lowest BCUT2D eigenvalue weighted by molar-refractivity contribution is 0.686. The monoisotopic (exact) mass is 254 g/mol. The molecule has 0 saturated heterocycles. The highest BCUT2D eigenvalue weighted by Crippen LogP contribution is 2.27. The normalized spacial score (nSPS) is 14.2. The lowest BCUT2D eigenvalue weighted by Crippen LogP contribution is -2.18. The minimum atomic E-state index is -0.0623. The van der Waals surface area contributed by atoms with Crippen molar-refractivity contribution in [3.63, 3.8) is 0 Å². The number of nitrogens with zero attached hydrogens (tertiary/aromatic N) is 1. The maximum atomic E-state index is 11.8. The van der Waals surface area contributed by atoms with Crippen molar-refractivity contribution in [1.82, 2.24) is 4.57 Å². The van der Waals surface area contributed by atoms with Crippen molar-refractivity contribution in [2.24, 2.45) is 7.05 Å². The Balaban J connectivity index is 2.09. The molecule has 0 unspecified atom stereocenters. The molecule has 0 atom stereocenters. The van der Waals surface area contributed by atoms with Crippen molar-refractivity contribution in [2.75, 3.05) is 5.73 Å². The third kappa shape index (κ3) is 2.16. The molecule has 3 rings (SSSR count). The molecule has 0 bridgehead atoms. The largest absolute Gasteiger partial charge is 0.385 e. The van der Waals surface area contributed by atoms with Gasteiger partial charge in [0, 0.05) is 13.1 Å². The summed E-state index contributed by atoms with van der Waals surface area (Å²) in [5.74, 6) is 0.500. The van der Waals surface area contributed by atoms with Crippen LogP contribution >= 0.6 is 0 Å². The number of fused-ring (bicyclic) bond motifs is 1. The van der Waals surface area contributed by atoms with E-state index in [4.69, 9.17) is 5.73 Å². The van der Waals surface area contributed by atoms with Gasteiger partial charge < -0.3 is 5.73 Å². The van der Waals surface area contributed by atoms with E-state index in [1.54, 1.807) is 13.1 Å². The van der Waals surface area contributed by atoms with Crippen LogP contribution in [0.2, 0.25) is 0 Å². The van der Waals surface area contributed by atoms with Gasteiger partial charge in [0.05, 0.1) is 0 Å². The molecule has 0 amide bonds. The van der Waals surface area contributed by atoms with Crippen molar-refractivity contribution < 1.29 is 0 Å². The molecule has 1 heterocycles. The van der Waals surface area contributed by atoms with Gasteiger partial charge in [0.2, 0.25) is 0 Å². The van der Waals surface area contributed by atoms with Crippen molar-refractivity contribution in [1.29, 1.82) is 0 Å². The number of rotatable bonds is 1. The standard InChI is InChI=1S/C16H18N2O/c1-18-15(17)9-14(10-16(18)19)13-7-6-11-4-2-3-5-12(11)8-13/h6-10H,2-5,17H2,1H3. The number of aryl methyl sites for hydroxylation is 2. The van der Waals surface area contributed by atoms with Crippen LogP contribution in [0, 0.1) is 0 Å². The molecule has 0 spiro atoms. The van der Waals surface area contributed by atoms with Crippen molar-refractivity contribution in [3.8, 4) is 11.1 Å². The zero-order chi connectivity index (χ0) is 13.4. The maximum absolute atomic E-state index is 11.8.